The molecule has 0 aliphatic carbocycles. The van der Waals surface area contributed by atoms with Crippen LogP contribution in [0.15, 0.2) is 43.0 Å². The first kappa shape index (κ1) is 9.98. The van der Waals surface area contributed by atoms with Crippen molar-refractivity contribution in [2.45, 2.75) is 0 Å². The third-order valence-corrected chi connectivity index (χ3v) is 5.38. The van der Waals surface area contributed by atoms with Crippen molar-refractivity contribution in [3.05, 3.63) is 43.0 Å². The van der Waals surface area contributed by atoms with Crippen LogP contribution in [0.2, 0.25) is 0 Å². The number of hydrogen-bond acceptors (Lipinski definition) is 1. The van der Waals surface area contributed by atoms with Crippen LogP contribution in [0.5, 0.6) is 0 Å². The van der Waals surface area contributed by atoms with Crippen molar-refractivity contribution in [1.29, 1.82) is 0 Å². The highest BCUT2D eigenvalue weighted by molar-refractivity contribution is 8.30. The van der Waals surface area contributed by atoms with Crippen LogP contribution >= 0.6 is 16.6 Å². The van der Waals surface area contributed by atoms with E-state index in [0.717, 1.165) is 5.30 Å². The van der Waals surface area contributed by atoms with Gasteiger partial charge in [-0.2, -0.15) is 0 Å². The van der Waals surface area contributed by atoms with Gasteiger partial charge in [0, 0.05) is 6.16 Å². The molecule has 1 unspecified atom stereocenters. The molecule has 12 heavy (non-hydrogen) atoms. The second kappa shape index (κ2) is 4.23. The van der Waals surface area contributed by atoms with Crippen molar-refractivity contribution in [3.8, 4) is 0 Å². The van der Waals surface area contributed by atoms with Crippen molar-refractivity contribution >= 4 is 33.7 Å². The zero-order valence-electron chi connectivity index (χ0n) is 6.61. The van der Waals surface area contributed by atoms with E-state index in [0.29, 0.717) is 6.16 Å². The minimum atomic E-state index is -1.86. The lowest BCUT2D eigenvalue weighted by molar-refractivity contribution is 1.74. The van der Waals surface area contributed by atoms with Gasteiger partial charge in [-0.3, -0.25) is 0 Å². The van der Waals surface area contributed by atoms with Gasteiger partial charge in [0.15, 0.2) is 0 Å². The highest BCUT2D eigenvalue weighted by atomic mass is 35.7. The van der Waals surface area contributed by atoms with Crippen LogP contribution in [-0.4, -0.2) is 6.16 Å². The first-order valence-corrected chi connectivity index (χ1v) is 7.51. The summed E-state index contributed by atoms with van der Waals surface area (Å²) in [6, 6.07) is 9.85. The van der Waals surface area contributed by atoms with Crippen molar-refractivity contribution in [2.24, 2.45) is 0 Å². The van der Waals surface area contributed by atoms with E-state index in [2.05, 4.69) is 6.58 Å². The van der Waals surface area contributed by atoms with E-state index in [1.807, 2.05) is 30.3 Å². The Morgan fingerprint density at radius 2 is 2.00 bits per heavy atom. The maximum absolute atomic E-state index is 6.22. The van der Waals surface area contributed by atoms with Gasteiger partial charge >= 0.3 is 0 Å². The van der Waals surface area contributed by atoms with Gasteiger partial charge in [-0.1, -0.05) is 59.5 Å². The molecule has 0 saturated heterocycles. The van der Waals surface area contributed by atoms with Gasteiger partial charge in [-0.25, -0.2) is 0 Å². The normalized spacial score (nSPS) is 15.1. The first-order valence-electron chi connectivity index (χ1n) is 3.62. The Morgan fingerprint density at radius 1 is 1.42 bits per heavy atom. The molecule has 0 fully saturated rings. The van der Waals surface area contributed by atoms with Crippen LogP contribution in [0.4, 0.5) is 0 Å². The van der Waals surface area contributed by atoms with Crippen LogP contribution in [0.3, 0.4) is 0 Å². The van der Waals surface area contributed by atoms with Gasteiger partial charge in [-0.15, -0.1) is 6.58 Å². The molecule has 0 bridgehead atoms. The van der Waals surface area contributed by atoms with Crippen LogP contribution in [0.1, 0.15) is 0 Å². The maximum atomic E-state index is 6.22. The summed E-state index contributed by atoms with van der Waals surface area (Å²) in [4.78, 5) is 0. The number of halogens is 1. The Morgan fingerprint density at radius 3 is 2.50 bits per heavy atom. The zero-order valence-corrected chi connectivity index (χ0v) is 9.08. The largest absolute Gasteiger partial charge is 0.103 e. The molecule has 1 aromatic carbocycles. The number of allylic oxidation sites excluding steroid dienone is 1. The molecule has 0 N–H and O–H groups in total. The van der Waals surface area contributed by atoms with E-state index < -0.39 is 5.39 Å². The average Bonchev–Trinajstić information content (AvgIpc) is 2.06. The third-order valence-electron chi connectivity index (χ3n) is 1.51. The molecule has 1 rings (SSSR count). The summed E-state index contributed by atoms with van der Waals surface area (Å²) < 4.78 is 0. The Bertz CT molecular complexity index is 308. The molecule has 3 heteroatoms. The second-order valence-electron chi connectivity index (χ2n) is 2.46. The second-order valence-corrected chi connectivity index (χ2v) is 8.85. The Kier molecular flexibility index (Phi) is 3.52. The molecule has 64 valence electrons. The molecular weight excluding hydrogens is 207 g/mol. The molecule has 0 amide bonds. The summed E-state index contributed by atoms with van der Waals surface area (Å²) in [6.45, 7) is 3.65. The predicted molar refractivity (Wildman–Crippen MR) is 61.3 cm³/mol. The molecule has 0 spiro atoms. The van der Waals surface area contributed by atoms with Crippen LogP contribution < -0.4 is 5.30 Å². The Labute approximate surface area is 83.1 Å². The van der Waals surface area contributed by atoms with Gasteiger partial charge in [0.05, 0.1) is 5.39 Å². The highest BCUT2D eigenvalue weighted by Gasteiger charge is 2.12. The minimum Gasteiger partial charge on any atom is -0.103 e. The van der Waals surface area contributed by atoms with Crippen LogP contribution in [-0.2, 0) is 11.8 Å². The predicted octanol–water partition coefficient (Wildman–Crippen LogP) is 3.13. The SMILES string of the molecule is C=CCP(=S)(Cl)c1ccccc1. The van der Waals surface area contributed by atoms with Gasteiger partial charge in [0.2, 0.25) is 0 Å². The highest BCUT2D eigenvalue weighted by Crippen LogP contribution is 2.49. The standard InChI is InChI=1S/C9H10ClPS/c1-2-8-11(10,12)9-6-4-3-5-7-9/h2-7H,1,8H2. The molecule has 0 saturated carbocycles. The van der Waals surface area contributed by atoms with Gasteiger partial charge in [0.1, 0.15) is 0 Å². The lowest BCUT2D eigenvalue weighted by atomic mass is 10.4. The maximum Gasteiger partial charge on any atom is 0.0694 e. The Hall–Kier alpha value is -0.100. The minimum absolute atomic E-state index is 0.716. The summed E-state index contributed by atoms with van der Waals surface area (Å²) in [5.74, 6) is 0. The molecule has 0 aliphatic heterocycles. The topological polar surface area (TPSA) is 0 Å². The van der Waals surface area contributed by atoms with Crippen LogP contribution in [0, 0.1) is 0 Å². The molecule has 1 aromatic rings. The molecule has 0 heterocycles. The summed E-state index contributed by atoms with van der Waals surface area (Å²) >= 11 is 11.5. The van der Waals surface area contributed by atoms with E-state index in [9.17, 15) is 0 Å². The summed E-state index contributed by atoms with van der Waals surface area (Å²) in [5.41, 5.74) is 0. The number of hydrogen-bond donors (Lipinski definition) is 0. The van der Waals surface area contributed by atoms with Gasteiger partial charge in [0.25, 0.3) is 0 Å². The molecule has 0 nitrogen and oxygen atoms in total. The molecule has 0 aliphatic rings. The van der Waals surface area contributed by atoms with E-state index >= 15 is 0 Å². The first-order chi connectivity index (χ1) is 5.67. The fourth-order valence-corrected chi connectivity index (χ4v) is 3.39. The molecular formula is C9H10ClPS. The number of benzene rings is 1. The van der Waals surface area contributed by atoms with Gasteiger partial charge in [-0.05, 0) is 5.30 Å². The van der Waals surface area contributed by atoms with Crippen LogP contribution in [0.25, 0.3) is 0 Å². The van der Waals surface area contributed by atoms with Crippen molar-refractivity contribution in [1.82, 2.24) is 0 Å². The zero-order chi connectivity index (χ0) is 9.03. The molecule has 0 radical (unpaired) electrons. The third kappa shape index (κ3) is 2.45. The Balaban J connectivity index is 2.98. The summed E-state index contributed by atoms with van der Waals surface area (Å²) in [6.07, 6.45) is 2.51. The fraction of sp³-hybridized carbons (Fsp3) is 0.111. The van der Waals surface area contributed by atoms with E-state index in [1.165, 1.54) is 0 Å². The molecule has 1 atom stereocenters. The smallest absolute Gasteiger partial charge is 0.0694 e. The lowest BCUT2D eigenvalue weighted by Gasteiger charge is -2.11. The molecule has 0 aromatic heterocycles. The van der Waals surface area contributed by atoms with Crippen molar-refractivity contribution in [2.75, 3.05) is 6.16 Å². The monoisotopic (exact) mass is 216 g/mol. The summed E-state index contributed by atoms with van der Waals surface area (Å²) in [5, 5.41) is -0.786. The van der Waals surface area contributed by atoms with E-state index in [4.69, 9.17) is 23.0 Å². The fourth-order valence-electron chi connectivity index (χ4n) is 0.922. The lowest BCUT2D eigenvalue weighted by Crippen LogP contribution is -2.00. The van der Waals surface area contributed by atoms with Crippen molar-refractivity contribution < 1.29 is 0 Å². The average molecular weight is 217 g/mol. The van der Waals surface area contributed by atoms with Crippen molar-refractivity contribution in [3.63, 3.8) is 0 Å². The summed E-state index contributed by atoms with van der Waals surface area (Å²) in [7, 11) is 0. The van der Waals surface area contributed by atoms with Gasteiger partial charge < -0.3 is 0 Å². The van der Waals surface area contributed by atoms with E-state index in [1.54, 1.807) is 6.08 Å². The van der Waals surface area contributed by atoms with E-state index in [-0.39, 0.29) is 0 Å². The quantitative estimate of drug-likeness (QED) is 0.553. The number of rotatable bonds is 3.